The Hall–Kier alpha value is -2.58. The minimum Gasteiger partial charge on any atom is -0.316 e. The van der Waals surface area contributed by atoms with Crippen LogP contribution in [-0.4, -0.2) is 53.2 Å². The Morgan fingerprint density at radius 2 is 1.86 bits per heavy atom. The molecule has 0 aliphatic carbocycles. The highest BCUT2D eigenvalue weighted by Crippen LogP contribution is 2.29. The van der Waals surface area contributed by atoms with Gasteiger partial charge in [-0.15, -0.1) is 0 Å². The zero-order valence-electron chi connectivity index (χ0n) is 16.7. The first-order chi connectivity index (χ1) is 13.8. The zero-order chi connectivity index (χ0) is 20.8. The molecule has 4 amide bonds. The lowest BCUT2D eigenvalue weighted by Gasteiger charge is -2.32. The third-order valence-corrected chi connectivity index (χ3v) is 6.33. The third-order valence-electron chi connectivity index (χ3n) is 6.33. The van der Waals surface area contributed by atoms with Gasteiger partial charge in [0.2, 0.25) is 11.8 Å². The van der Waals surface area contributed by atoms with Gasteiger partial charge in [0.15, 0.2) is 0 Å². The third kappa shape index (κ3) is 3.58. The maximum atomic E-state index is 12.9. The molecule has 2 saturated heterocycles. The topological polar surface area (TPSA) is 108 Å². The van der Waals surface area contributed by atoms with Gasteiger partial charge in [-0.1, -0.05) is 6.07 Å². The smallest absolute Gasteiger partial charge is 0.262 e. The van der Waals surface area contributed by atoms with Gasteiger partial charge in [-0.2, -0.15) is 0 Å². The molecular formula is C21H26N4O4. The maximum absolute atomic E-state index is 12.9. The summed E-state index contributed by atoms with van der Waals surface area (Å²) in [5.74, 6) is -1.39. The van der Waals surface area contributed by atoms with Crippen LogP contribution in [-0.2, 0) is 16.1 Å². The van der Waals surface area contributed by atoms with Gasteiger partial charge >= 0.3 is 0 Å². The lowest BCUT2D eigenvalue weighted by Crippen LogP contribution is -2.54. The van der Waals surface area contributed by atoms with Gasteiger partial charge < -0.3 is 10.6 Å². The molecule has 29 heavy (non-hydrogen) atoms. The predicted molar refractivity (Wildman–Crippen MR) is 105 cm³/mol. The number of hydrogen-bond donors (Lipinski definition) is 3. The fourth-order valence-corrected chi connectivity index (χ4v) is 4.37. The molecule has 0 radical (unpaired) electrons. The predicted octanol–water partition coefficient (Wildman–Crippen LogP) is 0.566. The van der Waals surface area contributed by atoms with Crippen molar-refractivity contribution < 1.29 is 19.2 Å². The summed E-state index contributed by atoms with van der Waals surface area (Å²) in [6.45, 7) is 6.95. The number of carbonyl (C=O) groups is 4. The van der Waals surface area contributed by atoms with Crippen LogP contribution in [0.3, 0.4) is 0 Å². The number of rotatable bonds is 5. The summed E-state index contributed by atoms with van der Waals surface area (Å²) in [7, 11) is 0. The van der Waals surface area contributed by atoms with Crippen molar-refractivity contribution in [3.05, 3.63) is 34.9 Å². The van der Waals surface area contributed by atoms with Crippen LogP contribution in [0.15, 0.2) is 18.2 Å². The average Bonchev–Trinajstić information content (AvgIpc) is 3.30. The van der Waals surface area contributed by atoms with Crippen LogP contribution >= 0.6 is 0 Å². The Morgan fingerprint density at radius 1 is 1.10 bits per heavy atom. The molecule has 0 spiro atoms. The van der Waals surface area contributed by atoms with Crippen LogP contribution in [0.2, 0.25) is 0 Å². The molecule has 154 valence electrons. The van der Waals surface area contributed by atoms with Crippen molar-refractivity contribution in [3.63, 3.8) is 0 Å². The molecule has 1 aromatic carbocycles. The van der Waals surface area contributed by atoms with E-state index in [0.29, 0.717) is 23.6 Å². The van der Waals surface area contributed by atoms with Crippen LogP contribution in [0.25, 0.3) is 0 Å². The van der Waals surface area contributed by atoms with E-state index in [9.17, 15) is 19.2 Å². The first kappa shape index (κ1) is 19.7. The summed E-state index contributed by atoms with van der Waals surface area (Å²) in [5.41, 5.74) is 1.48. The normalized spacial score (nSPS) is 24.8. The summed E-state index contributed by atoms with van der Waals surface area (Å²) < 4.78 is 0. The number of fused-ring (bicyclic) bond motifs is 1. The Kier molecular flexibility index (Phi) is 5.00. The van der Waals surface area contributed by atoms with E-state index >= 15 is 0 Å². The molecule has 8 heteroatoms. The molecule has 3 N–H and O–H groups in total. The lowest BCUT2D eigenvalue weighted by molar-refractivity contribution is -0.136. The molecule has 2 atom stereocenters. The van der Waals surface area contributed by atoms with E-state index in [4.69, 9.17) is 0 Å². The van der Waals surface area contributed by atoms with Crippen LogP contribution in [0.4, 0.5) is 0 Å². The Balaban J connectivity index is 1.50. The van der Waals surface area contributed by atoms with Gasteiger partial charge in [-0.25, -0.2) is 0 Å². The summed E-state index contributed by atoms with van der Waals surface area (Å²) in [5, 5.41) is 9.16. The van der Waals surface area contributed by atoms with Crippen molar-refractivity contribution in [3.8, 4) is 0 Å². The first-order valence-corrected chi connectivity index (χ1v) is 10.1. The van der Waals surface area contributed by atoms with Crippen LogP contribution in [0.5, 0.6) is 0 Å². The number of hydrogen-bond acceptors (Lipinski definition) is 6. The number of nitrogens with zero attached hydrogens (tertiary/aromatic N) is 1. The van der Waals surface area contributed by atoms with Gasteiger partial charge in [-0.05, 0) is 63.4 Å². The van der Waals surface area contributed by atoms with Crippen molar-refractivity contribution in [2.24, 2.45) is 5.92 Å². The van der Waals surface area contributed by atoms with Crippen LogP contribution in [0.1, 0.15) is 59.4 Å². The number of imide groups is 2. The molecule has 3 aliphatic rings. The summed E-state index contributed by atoms with van der Waals surface area (Å²) >= 11 is 0. The summed E-state index contributed by atoms with van der Waals surface area (Å²) in [6, 6.07) is 4.30. The summed E-state index contributed by atoms with van der Waals surface area (Å²) in [4.78, 5) is 50.2. The molecule has 3 heterocycles. The first-order valence-electron chi connectivity index (χ1n) is 10.1. The lowest BCUT2D eigenvalue weighted by atomic mass is 9.86. The second-order valence-corrected chi connectivity index (χ2v) is 8.59. The molecule has 2 fully saturated rings. The molecule has 2 unspecified atom stereocenters. The zero-order valence-corrected chi connectivity index (χ0v) is 16.7. The van der Waals surface area contributed by atoms with Crippen LogP contribution in [0, 0.1) is 5.92 Å². The quantitative estimate of drug-likeness (QED) is 0.626. The standard InChI is InChI=1S/C21H26N4O4/c1-21(2,13-7-8-22-11-13)23-10-12-3-4-14-15(9-12)20(29)25(19(14)28)16-5-6-17(26)24-18(16)27/h3-4,9,13,16,22-23H,5-8,10-11H2,1-2H3,(H,24,26,27). The molecule has 3 aliphatic heterocycles. The molecule has 4 rings (SSSR count). The average molecular weight is 398 g/mol. The van der Waals surface area contributed by atoms with E-state index in [1.54, 1.807) is 12.1 Å². The fraction of sp³-hybridized carbons (Fsp3) is 0.524. The molecule has 0 aromatic heterocycles. The monoisotopic (exact) mass is 398 g/mol. The molecule has 0 bridgehead atoms. The van der Waals surface area contributed by atoms with Crippen molar-refractivity contribution in [2.45, 2.75) is 51.2 Å². The van der Waals surface area contributed by atoms with E-state index < -0.39 is 23.8 Å². The van der Waals surface area contributed by atoms with Crippen molar-refractivity contribution >= 4 is 23.6 Å². The van der Waals surface area contributed by atoms with E-state index in [2.05, 4.69) is 29.8 Å². The van der Waals surface area contributed by atoms with E-state index in [-0.39, 0.29) is 24.3 Å². The molecule has 8 nitrogen and oxygen atoms in total. The van der Waals surface area contributed by atoms with Gasteiger partial charge in [0, 0.05) is 18.5 Å². The number of amides is 4. The highest BCUT2D eigenvalue weighted by Gasteiger charge is 2.44. The molecular weight excluding hydrogens is 372 g/mol. The second kappa shape index (κ2) is 7.35. The number of benzene rings is 1. The fourth-order valence-electron chi connectivity index (χ4n) is 4.37. The van der Waals surface area contributed by atoms with Gasteiger partial charge in [0.05, 0.1) is 11.1 Å². The molecule has 0 saturated carbocycles. The van der Waals surface area contributed by atoms with Gasteiger partial charge in [-0.3, -0.25) is 29.4 Å². The number of piperidine rings is 1. The number of carbonyl (C=O) groups excluding carboxylic acids is 4. The van der Waals surface area contributed by atoms with E-state index in [1.165, 1.54) is 0 Å². The highest BCUT2D eigenvalue weighted by atomic mass is 16.2. The Morgan fingerprint density at radius 3 is 2.55 bits per heavy atom. The van der Waals surface area contributed by atoms with Crippen molar-refractivity contribution in [2.75, 3.05) is 13.1 Å². The SMILES string of the molecule is CC(C)(NCc1ccc2c(c1)C(=O)N(C1CCC(=O)NC1=O)C2=O)C1CCNC1. The summed E-state index contributed by atoms with van der Waals surface area (Å²) in [6.07, 6.45) is 1.40. The second-order valence-electron chi connectivity index (χ2n) is 8.59. The number of nitrogens with one attached hydrogen (secondary N) is 3. The minimum absolute atomic E-state index is 0.0545. The Labute approximate surface area is 169 Å². The van der Waals surface area contributed by atoms with Gasteiger partial charge in [0.25, 0.3) is 11.8 Å². The molecule has 1 aromatic rings. The van der Waals surface area contributed by atoms with Crippen molar-refractivity contribution in [1.82, 2.24) is 20.9 Å². The Bertz CT molecular complexity index is 889. The van der Waals surface area contributed by atoms with Crippen LogP contribution < -0.4 is 16.0 Å². The van der Waals surface area contributed by atoms with Gasteiger partial charge in [0.1, 0.15) is 6.04 Å². The highest BCUT2D eigenvalue weighted by molar-refractivity contribution is 6.23. The van der Waals surface area contributed by atoms with Crippen molar-refractivity contribution in [1.29, 1.82) is 0 Å². The van der Waals surface area contributed by atoms with E-state index in [1.807, 2.05) is 6.07 Å². The minimum atomic E-state index is -0.935. The largest absolute Gasteiger partial charge is 0.316 e. The van der Waals surface area contributed by atoms with E-state index in [0.717, 1.165) is 30.0 Å². The maximum Gasteiger partial charge on any atom is 0.262 e.